The van der Waals surface area contributed by atoms with Gasteiger partial charge in [0, 0.05) is 23.6 Å². The summed E-state index contributed by atoms with van der Waals surface area (Å²) in [4.78, 5) is 8.38. The minimum Gasteiger partial charge on any atom is -0.481 e. The molecule has 0 saturated heterocycles. The van der Waals surface area contributed by atoms with E-state index in [0.29, 0.717) is 11.8 Å². The summed E-state index contributed by atoms with van der Waals surface area (Å²) in [5, 5.41) is 0.187. The molecule has 4 heteroatoms. The van der Waals surface area contributed by atoms with Crippen molar-refractivity contribution < 1.29 is 4.74 Å². The fraction of sp³-hybridized carbons (Fsp3) is 0.765. The molecule has 0 spiro atoms. The highest BCUT2D eigenvalue weighted by atomic mass is 35.5. The van der Waals surface area contributed by atoms with Crippen molar-refractivity contribution in [2.24, 2.45) is 17.8 Å². The number of aromatic nitrogens is 2. The van der Waals surface area contributed by atoms with Gasteiger partial charge in [-0.3, -0.25) is 0 Å². The highest BCUT2D eigenvalue weighted by Gasteiger charge is 2.34. The number of alkyl halides is 1. The summed E-state index contributed by atoms with van der Waals surface area (Å²) in [6.45, 7) is 0. The Morgan fingerprint density at radius 2 is 2.00 bits per heavy atom. The highest BCUT2D eigenvalue weighted by Crippen LogP contribution is 2.44. The van der Waals surface area contributed by atoms with Crippen molar-refractivity contribution in [2.45, 2.75) is 56.7 Å². The molecular weight excluding hydrogens is 284 g/mol. The Bertz CT molecular complexity index is 468. The summed E-state index contributed by atoms with van der Waals surface area (Å²) < 4.78 is 5.16. The van der Waals surface area contributed by atoms with E-state index in [2.05, 4.69) is 9.97 Å². The molecule has 3 rings (SSSR count). The lowest BCUT2D eigenvalue weighted by Crippen LogP contribution is -2.32. The second-order valence-corrected chi connectivity index (χ2v) is 7.21. The monoisotopic (exact) mass is 308 g/mol. The van der Waals surface area contributed by atoms with Crippen LogP contribution in [0.25, 0.3) is 0 Å². The molecule has 2 fully saturated rings. The van der Waals surface area contributed by atoms with E-state index in [-0.39, 0.29) is 5.38 Å². The number of nitrogens with zero attached hydrogens (tertiary/aromatic N) is 2. The van der Waals surface area contributed by atoms with E-state index >= 15 is 0 Å². The van der Waals surface area contributed by atoms with Crippen LogP contribution in [-0.2, 0) is 6.42 Å². The molecule has 4 atom stereocenters. The summed E-state index contributed by atoms with van der Waals surface area (Å²) >= 11 is 6.72. The third-order valence-electron chi connectivity index (χ3n) is 5.40. The first-order valence-corrected chi connectivity index (χ1v) is 8.69. The number of halogens is 1. The van der Waals surface area contributed by atoms with Crippen LogP contribution < -0.4 is 4.74 Å². The standard InChI is InChI=1S/C17H25ClN2O/c1-21-17-10-15(19-11-20-17)9-16(18)14-7-6-12-4-2-3-5-13(12)8-14/h10-14,16H,2-9H2,1H3. The average molecular weight is 309 g/mol. The van der Waals surface area contributed by atoms with Crippen LogP contribution >= 0.6 is 11.6 Å². The van der Waals surface area contributed by atoms with Crippen molar-refractivity contribution in [3.8, 4) is 5.88 Å². The molecular formula is C17H25ClN2O. The van der Waals surface area contributed by atoms with Crippen LogP contribution in [0.15, 0.2) is 12.4 Å². The van der Waals surface area contributed by atoms with Crippen LogP contribution in [-0.4, -0.2) is 22.5 Å². The molecule has 0 amide bonds. The number of hydrogen-bond donors (Lipinski definition) is 0. The van der Waals surface area contributed by atoms with Crippen molar-refractivity contribution in [2.75, 3.05) is 7.11 Å². The van der Waals surface area contributed by atoms with Gasteiger partial charge in [-0.15, -0.1) is 11.6 Å². The normalized spacial score (nSPS) is 30.5. The fourth-order valence-corrected chi connectivity index (χ4v) is 4.59. The summed E-state index contributed by atoms with van der Waals surface area (Å²) in [6, 6.07) is 1.90. The Morgan fingerprint density at radius 3 is 2.81 bits per heavy atom. The lowest BCUT2D eigenvalue weighted by Gasteiger charge is -2.40. The predicted molar refractivity (Wildman–Crippen MR) is 84.7 cm³/mol. The van der Waals surface area contributed by atoms with Crippen molar-refractivity contribution in [1.29, 1.82) is 0 Å². The van der Waals surface area contributed by atoms with Crippen LogP contribution in [0, 0.1) is 17.8 Å². The molecule has 1 heterocycles. The molecule has 1 aromatic heterocycles. The zero-order valence-corrected chi connectivity index (χ0v) is 13.6. The van der Waals surface area contributed by atoms with Crippen molar-refractivity contribution in [3.63, 3.8) is 0 Å². The second kappa shape index (κ2) is 6.95. The molecule has 2 aliphatic rings. The van der Waals surface area contributed by atoms with Crippen LogP contribution in [0.1, 0.15) is 50.6 Å². The summed E-state index contributed by atoms with van der Waals surface area (Å²) in [5.41, 5.74) is 0.993. The van der Waals surface area contributed by atoms with Gasteiger partial charge in [0.15, 0.2) is 0 Å². The van der Waals surface area contributed by atoms with E-state index in [9.17, 15) is 0 Å². The minimum absolute atomic E-state index is 0.187. The van der Waals surface area contributed by atoms with E-state index in [1.165, 1.54) is 44.9 Å². The van der Waals surface area contributed by atoms with Gasteiger partial charge in [-0.25, -0.2) is 9.97 Å². The third kappa shape index (κ3) is 3.68. The second-order valence-electron chi connectivity index (χ2n) is 6.65. The van der Waals surface area contributed by atoms with E-state index < -0.39 is 0 Å². The Labute approximate surface area is 132 Å². The molecule has 1 aromatic rings. The SMILES string of the molecule is COc1cc(CC(Cl)C2CCC3CCCCC3C2)ncn1. The van der Waals surface area contributed by atoms with Gasteiger partial charge in [-0.2, -0.15) is 0 Å². The van der Waals surface area contributed by atoms with Crippen molar-refractivity contribution >= 4 is 11.6 Å². The molecule has 4 unspecified atom stereocenters. The topological polar surface area (TPSA) is 35.0 Å². The number of methoxy groups -OCH3 is 1. The van der Waals surface area contributed by atoms with Gasteiger partial charge in [0.2, 0.25) is 5.88 Å². The van der Waals surface area contributed by atoms with Gasteiger partial charge in [-0.1, -0.05) is 25.7 Å². The molecule has 0 N–H and O–H groups in total. The molecule has 116 valence electrons. The maximum Gasteiger partial charge on any atom is 0.216 e. The number of fused-ring (bicyclic) bond motifs is 1. The van der Waals surface area contributed by atoms with Gasteiger partial charge in [0.25, 0.3) is 0 Å². The smallest absolute Gasteiger partial charge is 0.216 e. The van der Waals surface area contributed by atoms with Gasteiger partial charge in [0.05, 0.1) is 7.11 Å². The van der Waals surface area contributed by atoms with E-state index in [1.54, 1.807) is 13.4 Å². The maximum absolute atomic E-state index is 6.72. The zero-order valence-electron chi connectivity index (χ0n) is 12.8. The predicted octanol–water partition coefficient (Wildman–Crippen LogP) is 4.24. The number of hydrogen-bond acceptors (Lipinski definition) is 3. The molecule has 21 heavy (non-hydrogen) atoms. The maximum atomic E-state index is 6.72. The van der Waals surface area contributed by atoms with E-state index in [1.807, 2.05) is 6.07 Å². The quantitative estimate of drug-likeness (QED) is 0.780. The first-order valence-electron chi connectivity index (χ1n) is 8.25. The number of rotatable bonds is 4. The summed E-state index contributed by atoms with van der Waals surface area (Å²) in [5.74, 6) is 3.18. The molecule has 2 aliphatic carbocycles. The Balaban J connectivity index is 1.58. The number of ether oxygens (including phenoxy) is 1. The van der Waals surface area contributed by atoms with Gasteiger partial charge in [-0.05, 0) is 37.0 Å². The van der Waals surface area contributed by atoms with E-state index in [0.717, 1.165) is 24.0 Å². The van der Waals surface area contributed by atoms with Crippen LogP contribution in [0.2, 0.25) is 0 Å². The summed E-state index contributed by atoms with van der Waals surface area (Å²) in [6.07, 6.45) is 12.1. The first kappa shape index (κ1) is 15.1. The Kier molecular flexibility index (Phi) is 4.99. The fourth-order valence-electron chi connectivity index (χ4n) is 4.20. The van der Waals surface area contributed by atoms with E-state index in [4.69, 9.17) is 16.3 Å². The first-order chi connectivity index (χ1) is 10.3. The third-order valence-corrected chi connectivity index (χ3v) is 5.91. The molecule has 0 radical (unpaired) electrons. The minimum atomic E-state index is 0.187. The Hall–Kier alpha value is -0.830. The Morgan fingerprint density at radius 1 is 1.19 bits per heavy atom. The van der Waals surface area contributed by atoms with Crippen molar-refractivity contribution in [1.82, 2.24) is 9.97 Å². The largest absolute Gasteiger partial charge is 0.481 e. The van der Waals surface area contributed by atoms with Gasteiger partial charge in [0.1, 0.15) is 6.33 Å². The zero-order chi connectivity index (χ0) is 14.7. The lowest BCUT2D eigenvalue weighted by atomic mass is 9.66. The van der Waals surface area contributed by atoms with Gasteiger partial charge >= 0.3 is 0 Å². The lowest BCUT2D eigenvalue weighted by molar-refractivity contribution is 0.127. The van der Waals surface area contributed by atoms with Crippen LogP contribution in [0.4, 0.5) is 0 Å². The average Bonchev–Trinajstić information content (AvgIpc) is 2.54. The van der Waals surface area contributed by atoms with Crippen LogP contribution in [0.5, 0.6) is 5.88 Å². The molecule has 0 aliphatic heterocycles. The van der Waals surface area contributed by atoms with Crippen molar-refractivity contribution in [3.05, 3.63) is 18.1 Å². The molecule has 0 aromatic carbocycles. The molecule has 0 bridgehead atoms. The van der Waals surface area contributed by atoms with Gasteiger partial charge < -0.3 is 4.74 Å². The molecule has 2 saturated carbocycles. The highest BCUT2D eigenvalue weighted by molar-refractivity contribution is 6.20. The summed E-state index contributed by atoms with van der Waals surface area (Å²) in [7, 11) is 1.63. The molecule has 3 nitrogen and oxygen atoms in total. The van der Waals surface area contributed by atoms with Crippen LogP contribution in [0.3, 0.4) is 0 Å².